The van der Waals surface area contributed by atoms with Gasteiger partial charge in [-0.1, -0.05) is 60.7 Å². The van der Waals surface area contributed by atoms with E-state index in [1.807, 2.05) is 60.8 Å². The van der Waals surface area contributed by atoms with Crippen molar-refractivity contribution in [1.29, 1.82) is 0 Å². The van der Waals surface area contributed by atoms with E-state index in [0.29, 0.717) is 13.1 Å². The minimum atomic E-state index is -0.0574. The second kappa shape index (κ2) is 8.54. The molecule has 0 saturated carbocycles. The van der Waals surface area contributed by atoms with E-state index in [9.17, 15) is 4.79 Å². The van der Waals surface area contributed by atoms with E-state index >= 15 is 0 Å². The summed E-state index contributed by atoms with van der Waals surface area (Å²) >= 11 is 5.82. The van der Waals surface area contributed by atoms with Crippen LogP contribution < -0.4 is 0 Å². The Hall–Kier alpha value is -2.52. The molecular formula is C21H21ClN2O. The Bertz CT molecular complexity index is 799. The maximum Gasteiger partial charge on any atom is 0.238 e. The molecule has 3 aromatic rings. The van der Waals surface area contributed by atoms with Crippen LogP contribution in [0, 0.1) is 0 Å². The zero-order chi connectivity index (χ0) is 17.5. The summed E-state index contributed by atoms with van der Waals surface area (Å²) in [7, 11) is 0. The van der Waals surface area contributed by atoms with E-state index in [1.54, 1.807) is 4.90 Å². The van der Waals surface area contributed by atoms with E-state index in [1.165, 1.54) is 5.56 Å². The lowest BCUT2D eigenvalue weighted by Gasteiger charge is -2.23. The van der Waals surface area contributed by atoms with Crippen molar-refractivity contribution in [2.24, 2.45) is 0 Å². The summed E-state index contributed by atoms with van der Waals surface area (Å²) in [5.41, 5.74) is 3.43. The molecule has 0 saturated heterocycles. The standard InChI is InChI=1S/C21H21ClN2O/c22-14-21(25)24(16-19-10-5-2-6-11-19)17-20-12-7-13-23(20)15-18-8-3-1-4-9-18/h1-13H,14-17H2. The Labute approximate surface area is 153 Å². The second-order valence-electron chi connectivity index (χ2n) is 5.98. The molecule has 0 spiro atoms. The van der Waals surface area contributed by atoms with Gasteiger partial charge in [0.25, 0.3) is 0 Å². The molecule has 0 aliphatic carbocycles. The van der Waals surface area contributed by atoms with Gasteiger partial charge in [-0.15, -0.1) is 11.6 Å². The second-order valence-corrected chi connectivity index (χ2v) is 6.25. The van der Waals surface area contributed by atoms with Gasteiger partial charge in [0, 0.05) is 25.0 Å². The molecule has 0 N–H and O–H groups in total. The van der Waals surface area contributed by atoms with Crippen molar-refractivity contribution in [2.45, 2.75) is 19.6 Å². The molecule has 1 heterocycles. The van der Waals surface area contributed by atoms with Gasteiger partial charge < -0.3 is 9.47 Å². The molecule has 0 unspecified atom stereocenters. The van der Waals surface area contributed by atoms with Crippen LogP contribution in [0.2, 0.25) is 0 Å². The highest BCUT2D eigenvalue weighted by Gasteiger charge is 2.15. The number of alkyl halides is 1. The van der Waals surface area contributed by atoms with Gasteiger partial charge >= 0.3 is 0 Å². The van der Waals surface area contributed by atoms with Crippen LogP contribution in [0.3, 0.4) is 0 Å². The number of nitrogens with zero attached hydrogens (tertiary/aromatic N) is 2. The fourth-order valence-electron chi connectivity index (χ4n) is 2.84. The molecule has 4 heteroatoms. The van der Waals surface area contributed by atoms with Gasteiger partial charge in [0.1, 0.15) is 5.88 Å². The summed E-state index contributed by atoms with van der Waals surface area (Å²) in [5, 5.41) is 0. The predicted octanol–water partition coefficient (Wildman–Crippen LogP) is 4.30. The lowest BCUT2D eigenvalue weighted by atomic mass is 10.2. The average molecular weight is 353 g/mol. The number of carbonyl (C=O) groups is 1. The fourth-order valence-corrected chi connectivity index (χ4v) is 3.01. The van der Waals surface area contributed by atoms with Gasteiger partial charge in [0.05, 0.1) is 6.54 Å². The first kappa shape index (κ1) is 17.3. The number of rotatable bonds is 7. The minimum Gasteiger partial charge on any atom is -0.345 e. The number of carbonyl (C=O) groups excluding carboxylic acids is 1. The lowest BCUT2D eigenvalue weighted by Crippen LogP contribution is -2.31. The van der Waals surface area contributed by atoms with Crippen molar-refractivity contribution in [3.63, 3.8) is 0 Å². The van der Waals surface area contributed by atoms with Crippen molar-refractivity contribution in [3.05, 3.63) is 95.8 Å². The topological polar surface area (TPSA) is 25.2 Å². The summed E-state index contributed by atoms with van der Waals surface area (Å²) in [5.74, 6) is -0.0651. The molecule has 0 radical (unpaired) electrons. The van der Waals surface area contributed by atoms with E-state index in [0.717, 1.165) is 17.8 Å². The van der Waals surface area contributed by atoms with Crippen LogP contribution in [0.1, 0.15) is 16.8 Å². The fraction of sp³-hybridized carbons (Fsp3) is 0.190. The zero-order valence-corrected chi connectivity index (χ0v) is 14.8. The average Bonchev–Trinajstić information content (AvgIpc) is 3.09. The molecule has 25 heavy (non-hydrogen) atoms. The summed E-state index contributed by atoms with van der Waals surface area (Å²) in [6.07, 6.45) is 2.05. The van der Waals surface area contributed by atoms with Crippen LogP contribution in [0.25, 0.3) is 0 Å². The van der Waals surface area contributed by atoms with Crippen LogP contribution in [-0.4, -0.2) is 21.3 Å². The Morgan fingerprint density at radius 1 is 0.840 bits per heavy atom. The summed E-state index contributed by atoms with van der Waals surface area (Å²) in [4.78, 5) is 14.1. The van der Waals surface area contributed by atoms with E-state index < -0.39 is 0 Å². The van der Waals surface area contributed by atoms with Gasteiger partial charge in [-0.2, -0.15) is 0 Å². The third-order valence-corrected chi connectivity index (χ3v) is 4.38. The summed E-state index contributed by atoms with van der Waals surface area (Å²) in [6.45, 7) is 1.89. The molecule has 1 aromatic heterocycles. The molecular weight excluding hydrogens is 332 g/mol. The maximum absolute atomic E-state index is 12.3. The molecule has 0 atom stereocenters. The number of hydrogen-bond donors (Lipinski definition) is 0. The summed E-state index contributed by atoms with van der Waals surface area (Å²) in [6, 6.07) is 24.4. The van der Waals surface area contributed by atoms with Crippen LogP contribution in [0.15, 0.2) is 79.0 Å². The van der Waals surface area contributed by atoms with Gasteiger partial charge in [0.15, 0.2) is 0 Å². The molecule has 0 bridgehead atoms. The van der Waals surface area contributed by atoms with Crippen LogP contribution in [-0.2, 0) is 24.4 Å². The van der Waals surface area contributed by atoms with Crippen molar-refractivity contribution >= 4 is 17.5 Å². The van der Waals surface area contributed by atoms with Crippen molar-refractivity contribution < 1.29 is 4.79 Å². The first-order valence-corrected chi connectivity index (χ1v) is 8.85. The van der Waals surface area contributed by atoms with Gasteiger partial charge in [0.2, 0.25) is 5.91 Å². The molecule has 0 aliphatic heterocycles. The number of benzene rings is 2. The molecule has 0 fully saturated rings. The highest BCUT2D eigenvalue weighted by Crippen LogP contribution is 2.14. The van der Waals surface area contributed by atoms with E-state index in [4.69, 9.17) is 11.6 Å². The van der Waals surface area contributed by atoms with Gasteiger partial charge in [-0.3, -0.25) is 4.79 Å². The first-order chi connectivity index (χ1) is 12.3. The van der Waals surface area contributed by atoms with E-state index in [-0.39, 0.29) is 11.8 Å². The molecule has 128 valence electrons. The third kappa shape index (κ3) is 4.74. The lowest BCUT2D eigenvalue weighted by molar-refractivity contribution is -0.129. The third-order valence-electron chi connectivity index (χ3n) is 4.16. The number of amides is 1. The normalized spacial score (nSPS) is 10.6. The largest absolute Gasteiger partial charge is 0.345 e. The highest BCUT2D eigenvalue weighted by molar-refractivity contribution is 6.27. The SMILES string of the molecule is O=C(CCl)N(Cc1ccccc1)Cc1cccn1Cc1ccccc1. The van der Waals surface area contributed by atoms with Gasteiger partial charge in [-0.25, -0.2) is 0 Å². The Balaban J connectivity index is 1.76. The highest BCUT2D eigenvalue weighted by atomic mass is 35.5. The van der Waals surface area contributed by atoms with Crippen molar-refractivity contribution in [2.75, 3.05) is 5.88 Å². The van der Waals surface area contributed by atoms with Gasteiger partial charge in [-0.05, 0) is 23.3 Å². The number of aromatic nitrogens is 1. The molecule has 0 aliphatic rings. The quantitative estimate of drug-likeness (QED) is 0.582. The molecule has 3 rings (SSSR count). The first-order valence-electron chi connectivity index (χ1n) is 8.32. The maximum atomic E-state index is 12.3. The minimum absolute atomic E-state index is 0.00771. The molecule has 1 amide bonds. The Morgan fingerprint density at radius 2 is 1.48 bits per heavy atom. The van der Waals surface area contributed by atoms with E-state index in [2.05, 4.69) is 22.8 Å². The molecule has 2 aromatic carbocycles. The predicted molar refractivity (Wildman–Crippen MR) is 101 cm³/mol. The summed E-state index contributed by atoms with van der Waals surface area (Å²) < 4.78 is 2.18. The van der Waals surface area contributed by atoms with Crippen molar-refractivity contribution in [1.82, 2.24) is 9.47 Å². The number of halogens is 1. The molecule has 3 nitrogen and oxygen atoms in total. The monoisotopic (exact) mass is 352 g/mol. The zero-order valence-electron chi connectivity index (χ0n) is 14.0. The van der Waals surface area contributed by atoms with Crippen LogP contribution in [0.5, 0.6) is 0 Å². The van der Waals surface area contributed by atoms with Crippen molar-refractivity contribution in [3.8, 4) is 0 Å². The smallest absolute Gasteiger partial charge is 0.238 e. The van der Waals surface area contributed by atoms with Crippen LogP contribution >= 0.6 is 11.6 Å². The Kier molecular flexibility index (Phi) is 5.91. The van der Waals surface area contributed by atoms with Crippen LogP contribution in [0.4, 0.5) is 0 Å². The number of hydrogen-bond acceptors (Lipinski definition) is 1. The Morgan fingerprint density at radius 3 is 2.12 bits per heavy atom.